The Morgan fingerprint density at radius 1 is 0.655 bits per heavy atom. The lowest BCUT2D eigenvalue weighted by Gasteiger charge is -2.54. The Morgan fingerprint density at radius 2 is 1.17 bits per heavy atom. The van der Waals surface area contributed by atoms with Crippen LogP contribution in [0.4, 0.5) is 0 Å². The molecule has 0 aromatic rings. The summed E-state index contributed by atoms with van der Waals surface area (Å²) in [6.45, 7) is 0. The molecule has 10 bridgehead atoms. The fourth-order valence-electron chi connectivity index (χ4n) is 16.0. The maximum Gasteiger partial charge on any atom is 0.311 e. The molecule has 0 aromatic carbocycles. The van der Waals surface area contributed by atoms with Crippen LogP contribution in [0.15, 0.2) is 0 Å². The monoisotopic (exact) mass is 580 g/mol. The molecular formula is C22H15Br3O4. The van der Waals surface area contributed by atoms with Crippen molar-refractivity contribution in [2.75, 3.05) is 0 Å². The summed E-state index contributed by atoms with van der Waals surface area (Å²) < 4.78 is 12.3. The third-order valence-corrected chi connectivity index (χ3v) is 18.7. The molecule has 4 aliphatic heterocycles. The third kappa shape index (κ3) is 0.697. The van der Waals surface area contributed by atoms with Gasteiger partial charge in [-0.1, -0.05) is 31.9 Å². The third-order valence-electron chi connectivity index (χ3n) is 14.2. The van der Waals surface area contributed by atoms with Gasteiger partial charge in [0.25, 0.3) is 0 Å². The molecule has 14 rings (SSSR count). The second kappa shape index (κ2) is 3.06. The van der Waals surface area contributed by atoms with Gasteiger partial charge in [-0.2, -0.15) is 0 Å². The maximum atomic E-state index is 13.7. The maximum absolute atomic E-state index is 13.7. The minimum atomic E-state index is -0.547. The van der Waals surface area contributed by atoms with E-state index in [9.17, 15) is 9.59 Å². The van der Waals surface area contributed by atoms with Gasteiger partial charge in [0, 0.05) is 43.2 Å². The quantitative estimate of drug-likeness (QED) is 0.326. The molecule has 0 N–H and O–H groups in total. The fraction of sp³-hybridized carbons (Fsp3) is 0.909. The van der Waals surface area contributed by atoms with Crippen LogP contribution in [-0.4, -0.2) is 31.2 Å². The number of carbonyl (C=O) groups is 2. The molecular weight excluding hydrogens is 568 g/mol. The van der Waals surface area contributed by atoms with Gasteiger partial charge in [0.05, 0.1) is 11.8 Å². The zero-order valence-electron chi connectivity index (χ0n) is 14.9. The Kier molecular flexibility index (Phi) is 1.53. The van der Waals surface area contributed by atoms with Gasteiger partial charge in [0.2, 0.25) is 0 Å². The minimum absolute atomic E-state index is 0.0109. The Balaban J connectivity index is 1.45. The van der Waals surface area contributed by atoms with E-state index in [-0.39, 0.29) is 49.4 Å². The Labute approximate surface area is 190 Å². The largest absolute Gasteiger partial charge is 0.461 e. The van der Waals surface area contributed by atoms with Crippen LogP contribution in [0.1, 0.15) is 0 Å². The molecule has 14 aliphatic rings. The van der Waals surface area contributed by atoms with Gasteiger partial charge in [-0.05, 0) is 63.3 Å². The molecule has 16 atom stereocenters. The fourth-order valence-corrected chi connectivity index (χ4v) is 22.3. The van der Waals surface area contributed by atoms with Gasteiger partial charge in [-0.3, -0.25) is 9.59 Å². The minimum Gasteiger partial charge on any atom is -0.461 e. The average Bonchev–Trinajstić information content (AvgIpc) is 3.40. The molecule has 14 fully saturated rings. The number of halogens is 3. The van der Waals surface area contributed by atoms with E-state index in [0.29, 0.717) is 71.0 Å². The lowest BCUT2D eigenvalue weighted by molar-refractivity contribution is -0.159. The van der Waals surface area contributed by atoms with Gasteiger partial charge in [-0.15, -0.1) is 0 Å². The summed E-state index contributed by atoms with van der Waals surface area (Å²) in [6.07, 6.45) is 0.125. The first-order chi connectivity index (χ1) is 13.9. The van der Waals surface area contributed by atoms with Gasteiger partial charge in [0.1, 0.15) is 6.10 Å². The molecule has 0 amide bonds. The number of hydrogen-bond acceptors (Lipinski definition) is 4. The van der Waals surface area contributed by atoms with Gasteiger partial charge in [0.15, 0.2) is 4.51 Å². The highest BCUT2D eigenvalue weighted by atomic mass is 79.9. The molecule has 10 saturated carbocycles. The van der Waals surface area contributed by atoms with E-state index < -0.39 is 4.51 Å². The molecule has 29 heavy (non-hydrogen) atoms. The van der Waals surface area contributed by atoms with E-state index >= 15 is 0 Å². The lowest BCUT2D eigenvalue weighted by Crippen LogP contribution is -2.57. The van der Waals surface area contributed by atoms with E-state index in [4.69, 9.17) is 9.47 Å². The van der Waals surface area contributed by atoms with Gasteiger partial charge >= 0.3 is 11.9 Å². The van der Waals surface area contributed by atoms with Crippen LogP contribution in [-0.2, 0) is 19.1 Å². The van der Waals surface area contributed by atoms with Crippen molar-refractivity contribution in [3.8, 4) is 0 Å². The van der Waals surface area contributed by atoms with Crippen LogP contribution in [0, 0.1) is 93.7 Å². The first kappa shape index (κ1) is 14.5. The van der Waals surface area contributed by atoms with Crippen molar-refractivity contribution in [2.24, 2.45) is 93.7 Å². The second-order valence-corrected chi connectivity index (χ2v) is 16.6. The predicted octanol–water partition coefficient (Wildman–Crippen LogP) is 2.56. The van der Waals surface area contributed by atoms with Crippen LogP contribution in [0.2, 0.25) is 0 Å². The molecule has 2 spiro atoms. The molecule has 16 unspecified atom stereocenters. The van der Waals surface area contributed by atoms with Crippen molar-refractivity contribution < 1.29 is 19.1 Å². The first-order valence-corrected chi connectivity index (χ1v) is 13.7. The van der Waals surface area contributed by atoms with E-state index in [1.54, 1.807) is 0 Å². The number of hydrogen-bond donors (Lipinski definition) is 0. The smallest absolute Gasteiger partial charge is 0.311 e. The highest BCUT2D eigenvalue weighted by molar-refractivity contribution is 9.11. The zero-order valence-corrected chi connectivity index (χ0v) is 19.7. The number of fused-ring (bicyclic) bond motifs is 2. The van der Waals surface area contributed by atoms with Crippen LogP contribution in [0.5, 0.6) is 0 Å². The first-order valence-electron chi connectivity index (χ1n) is 11.4. The molecule has 10 aliphatic carbocycles. The van der Waals surface area contributed by atoms with E-state index in [0.717, 1.165) is 0 Å². The summed E-state index contributed by atoms with van der Waals surface area (Å²) in [5.74, 6) is 5.58. The van der Waals surface area contributed by atoms with Crippen LogP contribution < -0.4 is 0 Å². The zero-order chi connectivity index (χ0) is 18.7. The molecule has 4 nitrogen and oxygen atoms in total. The molecule has 7 heteroatoms. The average molecular weight is 583 g/mol. The predicted molar refractivity (Wildman–Crippen MR) is 105 cm³/mol. The summed E-state index contributed by atoms with van der Waals surface area (Å²) >= 11 is 13.3. The summed E-state index contributed by atoms with van der Waals surface area (Å²) in [5, 5.41) is 0. The van der Waals surface area contributed by atoms with Crippen molar-refractivity contribution in [1.29, 1.82) is 0 Å². The van der Waals surface area contributed by atoms with Crippen molar-refractivity contribution >= 4 is 59.7 Å². The van der Waals surface area contributed by atoms with Crippen molar-refractivity contribution in [3.63, 3.8) is 0 Å². The standard InChI is InChI=1S/C22H15Br3O4/c23-20-9-1-2-8-5-7(1)18(20)11-3-4-12(13(11)28-16(5)26)19(8,18)21(24)10(2)6(9)17(27)29-22(25,14(3)20)15(4)21/h1-15H. The number of alkyl halides is 3. The number of ether oxygens (including phenoxy) is 2. The van der Waals surface area contributed by atoms with Crippen molar-refractivity contribution in [1.82, 2.24) is 0 Å². The summed E-state index contributed by atoms with van der Waals surface area (Å²) in [7, 11) is 0. The summed E-state index contributed by atoms with van der Waals surface area (Å²) in [4.78, 5) is 27.2. The Hall–Kier alpha value is 0.380. The highest BCUT2D eigenvalue weighted by Gasteiger charge is 3.16. The van der Waals surface area contributed by atoms with Crippen LogP contribution in [0.3, 0.4) is 0 Å². The molecule has 0 radical (unpaired) electrons. The number of esters is 2. The van der Waals surface area contributed by atoms with Gasteiger partial charge in [-0.25, -0.2) is 0 Å². The topological polar surface area (TPSA) is 52.6 Å². The van der Waals surface area contributed by atoms with Crippen LogP contribution >= 0.6 is 47.8 Å². The Bertz CT molecular complexity index is 1100. The normalized spacial score (nSPS) is 93.0. The van der Waals surface area contributed by atoms with Crippen molar-refractivity contribution in [2.45, 2.75) is 19.3 Å². The second-order valence-electron chi connectivity index (χ2n) is 12.8. The van der Waals surface area contributed by atoms with E-state index in [2.05, 4.69) is 47.8 Å². The highest BCUT2D eigenvalue weighted by Crippen LogP contribution is 3.12. The van der Waals surface area contributed by atoms with E-state index in [1.165, 1.54) is 0 Å². The van der Waals surface area contributed by atoms with Crippen LogP contribution in [0.25, 0.3) is 0 Å². The number of rotatable bonds is 0. The van der Waals surface area contributed by atoms with Gasteiger partial charge < -0.3 is 9.47 Å². The number of carbonyl (C=O) groups excluding carboxylic acids is 2. The Morgan fingerprint density at radius 3 is 1.72 bits per heavy atom. The van der Waals surface area contributed by atoms with Crippen molar-refractivity contribution in [3.05, 3.63) is 0 Å². The lowest BCUT2D eigenvalue weighted by atomic mass is 9.51. The SMILES string of the molecule is O=C1OC2(Br)C3C4C5C2C2(Br)C6C1C1C7C6C6C8C(=O)OC9C4C(C87)(C13Br)C62C95. The molecule has 0 aromatic heterocycles. The van der Waals surface area contributed by atoms with E-state index in [1.807, 2.05) is 0 Å². The molecule has 4 heterocycles. The summed E-state index contributed by atoms with van der Waals surface area (Å²) in [5.41, 5.74) is 0.249. The molecule has 148 valence electrons. The summed E-state index contributed by atoms with van der Waals surface area (Å²) in [6, 6.07) is 0. The molecule has 4 saturated heterocycles.